The Bertz CT molecular complexity index is 589. The van der Waals surface area contributed by atoms with Crippen LogP contribution in [0.5, 0.6) is 0 Å². The second-order valence-corrected chi connectivity index (χ2v) is 5.92. The van der Waals surface area contributed by atoms with Crippen molar-refractivity contribution in [1.82, 2.24) is 4.90 Å². The first-order chi connectivity index (χ1) is 10.1. The average molecular weight is 289 g/mol. The normalized spacial score (nSPS) is 28.2. The van der Waals surface area contributed by atoms with Crippen LogP contribution in [0.3, 0.4) is 0 Å². The van der Waals surface area contributed by atoms with Crippen LogP contribution < -0.4 is 0 Å². The van der Waals surface area contributed by atoms with Crippen molar-refractivity contribution in [1.29, 1.82) is 0 Å². The maximum atomic E-state index is 12.1. The number of hydrogen-bond acceptors (Lipinski definition) is 3. The predicted octanol–water partition coefficient (Wildman–Crippen LogP) is 2.49. The van der Waals surface area contributed by atoms with Gasteiger partial charge in [0, 0.05) is 18.5 Å². The Morgan fingerprint density at radius 3 is 2.86 bits per heavy atom. The standard InChI is InChI=1S/C16H19NO4/c1-10-9-12(10)14-6-4-11(21-14)5-7-15(18)17-8-2-3-13(17)16(19)20/h4-7,10,12-13H,2-3,8-9H2,1H3,(H,19,20)/b7-5+/t10?,12?,13-/m0/s1. The van der Waals surface area contributed by atoms with Gasteiger partial charge in [-0.15, -0.1) is 0 Å². The SMILES string of the molecule is CC1CC1c1ccc(/C=C/C(=O)N2CCC[C@H]2C(=O)O)o1. The molecule has 2 fully saturated rings. The maximum Gasteiger partial charge on any atom is 0.326 e. The van der Waals surface area contributed by atoms with Crippen LogP contribution in [0.15, 0.2) is 22.6 Å². The number of rotatable bonds is 4. The Kier molecular flexibility index (Phi) is 3.57. The summed E-state index contributed by atoms with van der Waals surface area (Å²) in [6.07, 6.45) is 5.44. The molecule has 1 saturated carbocycles. The molecule has 1 aromatic heterocycles. The Labute approximate surface area is 123 Å². The van der Waals surface area contributed by atoms with Gasteiger partial charge in [-0.1, -0.05) is 6.92 Å². The van der Waals surface area contributed by atoms with Crippen LogP contribution in [0, 0.1) is 5.92 Å². The lowest BCUT2D eigenvalue weighted by atomic mass is 10.2. The summed E-state index contributed by atoms with van der Waals surface area (Å²) < 4.78 is 5.69. The Hall–Kier alpha value is -2.04. The maximum absolute atomic E-state index is 12.1. The lowest BCUT2D eigenvalue weighted by molar-refractivity contribution is -0.146. The lowest BCUT2D eigenvalue weighted by Gasteiger charge is -2.19. The zero-order valence-corrected chi connectivity index (χ0v) is 12.0. The number of aliphatic carboxylic acids is 1. The molecule has 3 rings (SSSR count). The summed E-state index contributed by atoms with van der Waals surface area (Å²) in [6.45, 7) is 2.69. The first kappa shape index (κ1) is 13.9. The summed E-state index contributed by atoms with van der Waals surface area (Å²) in [7, 11) is 0. The van der Waals surface area contributed by atoms with Crippen LogP contribution >= 0.6 is 0 Å². The first-order valence-electron chi connectivity index (χ1n) is 7.37. The average Bonchev–Trinajstić information content (AvgIpc) is 2.90. The summed E-state index contributed by atoms with van der Waals surface area (Å²) in [6, 6.07) is 3.11. The quantitative estimate of drug-likeness (QED) is 0.864. The first-order valence-corrected chi connectivity index (χ1v) is 7.37. The number of likely N-dealkylation sites (tertiary alicyclic amines) is 1. The third-order valence-electron chi connectivity index (χ3n) is 4.33. The van der Waals surface area contributed by atoms with Gasteiger partial charge in [-0.2, -0.15) is 0 Å². The monoisotopic (exact) mass is 289 g/mol. The zero-order valence-electron chi connectivity index (χ0n) is 12.0. The van der Waals surface area contributed by atoms with Gasteiger partial charge in [0.1, 0.15) is 17.6 Å². The largest absolute Gasteiger partial charge is 0.480 e. The molecule has 1 N–H and O–H groups in total. The van der Waals surface area contributed by atoms with E-state index in [2.05, 4.69) is 6.92 Å². The van der Waals surface area contributed by atoms with E-state index in [-0.39, 0.29) is 5.91 Å². The van der Waals surface area contributed by atoms with Crippen molar-refractivity contribution < 1.29 is 19.1 Å². The Balaban J connectivity index is 1.64. The lowest BCUT2D eigenvalue weighted by Crippen LogP contribution is -2.39. The molecule has 3 atom stereocenters. The topological polar surface area (TPSA) is 70.8 Å². The zero-order chi connectivity index (χ0) is 15.0. The van der Waals surface area contributed by atoms with E-state index in [0.29, 0.717) is 30.6 Å². The van der Waals surface area contributed by atoms with Gasteiger partial charge >= 0.3 is 5.97 Å². The van der Waals surface area contributed by atoms with E-state index in [4.69, 9.17) is 9.52 Å². The van der Waals surface area contributed by atoms with Gasteiger partial charge in [-0.05, 0) is 43.4 Å². The van der Waals surface area contributed by atoms with E-state index in [0.717, 1.165) is 18.6 Å². The molecule has 2 heterocycles. The van der Waals surface area contributed by atoms with E-state index < -0.39 is 12.0 Å². The van der Waals surface area contributed by atoms with Gasteiger partial charge in [0.2, 0.25) is 5.91 Å². The molecule has 0 aromatic carbocycles. The Morgan fingerprint density at radius 2 is 2.19 bits per heavy atom. The number of carbonyl (C=O) groups excluding carboxylic acids is 1. The van der Waals surface area contributed by atoms with Crippen molar-refractivity contribution in [2.24, 2.45) is 5.92 Å². The highest BCUT2D eigenvalue weighted by Gasteiger charge is 2.36. The van der Waals surface area contributed by atoms with E-state index in [1.807, 2.05) is 12.1 Å². The number of amides is 1. The van der Waals surface area contributed by atoms with Crippen molar-refractivity contribution >= 4 is 18.0 Å². The van der Waals surface area contributed by atoms with Gasteiger partial charge in [0.25, 0.3) is 0 Å². The molecule has 2 aliphatic rings. The van der Waals surface area contributed by atoms with Crippen LogP contribution in [-0.2, 0) is 9.59 Å². The number of carboxylic acids is 1. The minimum Gasteiger partial charge on any atom is -0.480 e. The fourth-order valence-electron chi connectivity index (χ4n) is 2.91. The van der Waals surface area contributed by atoms with Crippen molar-refractivity contribution in [3.05, 3.63) is 29.7 Å². The second kappa shape index (κ2) is 5.39. The van der Waals surface area contributed by atoms with Gasteiger partial charge in [0.15, 0.2) is 0 Å². The molecule has 2 unspecified atom stereocenters. The third kappa shape index (κ3) is 2.86. The van der Waals surface area contributed by atoms with Gasteiger partial charge < -0.3 is 14.4 Å². The van der Waals surface area contributed by atoms with Gasteiger partial charge in [-0.25, -0.2) is 4.79 Å². The minimum atomic E-state index is -0.933. The van der Waals surface area contributed by atoms with Crippen molar-refractivity contribution in [3.8, 4) is 0 Å². The van der Waals surface area contributed by atoms with Crippen molar-refractivity contribution in [2.75, 3.05) is 6.54 Å². The highest BCUT2D eigenvalue weighted by Crippen LogP contribution is 2.47. The molecule has 1 aromatic rings. The predicted molar refractivity (Wildman–Crippen MR) is 76.6 cm³/mol. The van der Waals surface area contributed by atoms with Crippen LogP contribution in [0.1, 0.15) is 43.6 Å². The Morgan fingerprint density at radius 1 is 1.43 bits per heavy atom. The molecule has 21 heavy (non-hydrogen) atoms. The van der Waals surface area contributed by atoms with Crippen molar-refractivity contribution in [2.45, 2.75) is 38.1 Å². The molecular formula is C16H19NO4. The summed E-state index contributed by atoms with van der Waals surface area (Å²) in [5, 5.41) is 9.08. The molecule has 0 radical (unpaired) electrons. The summed E-state index contributed by atoms with van der Waals surface area (Å²) in [5.74, 6) is 1.60. The number of hydrogen-bond donors (Lipinski definition) is 1. The molecule has 1 aliphatic heterocycles. The highest BCUT2D eigenvalue weighted by molar-refractivity contribution is 5.94. The molecule has 0 spiro atoms. The second-order valence-electron chi connectivity index (χ2n) is 5.92. The van der Waals surface area contributed by atoms with Crippen LogP contribution in [0.25, 0.3) is 6.08 Å². The van der Waals surface area contributed by atoms with Gasteiger partial charge in [-0.3, -0.25) is 4.79 Å². The smallest absolute Gasteiger partial charge is 0.326 e. The summed E-state index contributed by atoms with van der Waals surface area (Å²) in [4.78, 5) is 24.6. The van der Waals surface area contributed by atoms with Crippen LogP contribution in [-0.4, -0.2) is 34.5 Å². The molecular weight excluding hydrogens is 270 g/mol. The third-order valence-corrected chi connectivity index (χ3v) is 4.33. The van der Waals surface area contributed by atoms with E-state index >= 15 is 0 Å². The fourth-order valence-corrected chi connectivity index (χ4v) is 2.91. The summed E-state index contributed by atoms with van der Waals surface area (Å²) >= 11 is 0. The minimum absolute atomic E-state index is 0.266. The van der Waals surface area contributed by atoms with Crippen LogP contribution in [0.4, 0.5) is 0 Å². The number of carboxylic acid groups (broad SMARTS) is 1. The number of furan rings is 1. The number of nitrogens with zero attached hydrogens (tertiary/aromatic N) is 1. The van der Waals surface area contributed by atoms with Crippen molar-refractivity contribution in [3.63, 3.8) is 0 Å². The fraction of sp³-hybridized carbons (Fsp3) is 0.500. The number of carbonyl (C=O) groups is 2. The van der Waals surface area contributed by atoms with E-state index in [9.17, 15) is 9.59 Å². The van der Waals surface area contributed by atoms with Crippen LogP contribution in [0.2, 0.25) is 0 Å². The van der Waals surface area contributed by atoms with E-state index in [1.54, 1.807) is 6.08 Å². The highest BCUT2D eigenvalue weighted by atomic mass is 16.4. The van der Waals surface area contributed by atoms with E-state index in [1.165, 1.54) is 11.0 Å². The molecule has 5 heteroatoms. The molecule has 1 saturated heterocycles. The molecule has 0 bridgehead atoms. The molecule has 5 nitrogen and oxygen atoms in total. The van der Waals surface area contributed by atoms with Gasteiger partial charge in [0.05, 0.1) is 0 Å². The molecule has 1 amide bonds. The molecule has 1 aliphatic carbocycles. The summed E-state index contributed by atoms with van der Waals surface area (Å²) in [5.41, 5.74) is 0. The molecule has 112 valence electrons.